The fraction of sp³-hybridized carbons (Fsp3) is 0.300. The highest BCUT2D eigenvalue weighted by molar-refractivity contribution is 7.21. The highest BCUT2D eigenvalue weighted by Crippen LogP contribution is 2.41. The number of carboxylic acid groups (broad SMARTS) is 1. The first-order valence-corrected chi connectivity index (χ1v) is 14.4. The molecule has 0 atom stereocenters. The number of amides is 2. The number of methoxy groups -OCH3 is 1. The monoisotopic (exact) mass is 599 g/mol. The third-order valence-corrected chi connectivity index (χ3v) is 9.19. The summed E-state index contributed by atoms with van der Waals surface area (Å²) in [6, 6.07) is 13.1. The van der Waals surface area contributed by atoms with Gasteiger partial charge in [0.05, 0.1) is 27.9 Å². The minimum absolute atomic E-state index is 0.00326. The molecule has 41 heavy (non-hydrogen) atoms. The number of carbonyl (C=O) groups is 2. The minimum atomic E-state index is -1.07. The SMILES string of the molecule is COc1ccc(-c2ccccn2)cc1CN(C(=O)c1sc2c(F)ccc(F)c2c1Cl)C1CCC(CNC(=O)O)CC1. The number of pyridine rings is 1. The van der Waals surface area contributed by atoms with Gasteiger partial charge in [0.15, 0.2) is 0 Å². The summed E-state index contributed by atoms with van der Waals surface area (Å²) in [7, 11) is 1.56. The van der Waals surface area contributed by atoms with Crippen LogP contribution in [0.25, 0.3) is 21.3 Å². The zero-order valence-corrected chi connectivity index (χ0v) is 23.8. The number of aromatic nitrogens is 1. The van der Waals surface area contributed by atoms with Gasteiger partial charge in [-0.3, -0.25) is 9.78 Å². The zero-order valence-electron chi connectivity index (χ0n) is 22.2. The molecule has 1 saturated carbocycles. The normalized spacial score (nSPS) is 16.9. The molecule has 2 heterocycles. The van der Waals surface area contributed by atoms with Crippen molar-refractivity contribution in [1.29, 1.82) is 0 Å². The molecule has 1 fully saturated rings. The molecule has 0 spiro atoms. The van der Waals surface area contributed by atoms with Gasteiger partial charge in [-0.15, -0.1) is 11.3 Å². The van der Waals surface area contributed by atoms with Crippen molar-refractivity contribution in [2.75, 3.05) is 13.7 Å². The van der Waals surface area contributed by atoms with Crippen LogP contribution in [0.15, 0.2) is 54.7 Å². The molecule has 2 amide bonds. The van der Waals surface area contributed by atoms with Crippen LogP contribution < -0.4 is 10.1 Å². The van der Waals surface area contributed by atoms with Crippen molar-refractivity contribution >= 4 is 45.0 Å². The predicted molar refractivity (Wildman–Crippen MR) is 155 cm³/mol. The number of ether oxygens (including phenoxy) is 1. The molecule has 0 radical (unpaired) electrons. The smallest absolute Gasteiger partial charge is 0.404 e. The number of rotatable bonds is 8. The van der Waals surface area contributed by atoms with Gasteiger partial charge in [-0.2, -0.15) is 0 Å². The first kappa shape index (κ1) is 28.8. The maximum atomic E-state index is 14.6. The predicted octanol–water partition coefficient (Wildman–Crippen LogP) is 7.37. The van der Waals surface area contributed by atoms with Gasteiger partial charge in [0.25, 0.3) is 5.91 Å². The summed E-state index contributed by atoms with van der Waals surface area (Å²) < 4.78 is 34.9. The average Bonchev–Trinajstić information content (AvgIpc) is 3.35. The summed E-state index contributed by atoms with van der Waals surface area (Å²) in [5.41, 5.74) is 2.36. The van der Waals surface area contributed by atoms with E-state index in [9.17, 15) is 18.4 Å². The van der Waals surface area contributed by atoms with Crippen LogP contribution in [0.5, 0.6) is 5.75 Å². The lowest BCUT2D eigenvalue weighted by Gasteiger charge is -2.37. The third-order valence-electron chi connectivity index (χ3n) is 7.52. The second-order valence-electron chi connectivity index (χ2n) is 10.0. The number of nitrogens with zero attached hydrogens (tertiary/aromatic N) is 2. The molecule has 4 aromatic rings. The van der Waals surface area contributed by atoms with Crippen molar-refractivity contribution < 1.29 is 28.2 Å². The Morgan fingerprint density at radius 2 is 1.88 bits per heavy atom. The van der Waals surface area contributed by atoms with Gasteiger partial charge in [-0.05, 0) is 74.1 Å². The highest BCUT2D eigenvalue weighted by Gasteiger charge is 2.33. The summed E-state index contributed by atoms with van der Waals surface area (Å²) in [5.74, 6) is -1.02. The molecule has 2 N–H and O–H groups in total. The Morgan fingerprint density at radius 3 is 2.54 bits per heavy atom. The molecule has 214 valence electrons. The van der Waals surface area contributed by atoms with Crippen LogP contribution in [0.4, 0.5) is 13.6 Å². The summed E-state index contributed by atoms with van der Waals surface area (Å²) >= 11 is 7.38. The van der Waals surface area contributed by atoms with Crippen LogP contribution in [-0.4, -0.2) is 46.7 Å². The van der Waals surface area contributed by atoms with Crippen LogP contribution in [-0.2, 0) is 6.54 Å². The number of benzene rings is 2. The Labute approximate surface area is 244 Å². The average molecular weight is 600 g/mol. The van der Waals surface area contributed by atoms with E-state index in [1.54, 1.807) is 18.2 Å². The Kier molecular flexibility index (Phi) is 8.70. The first-order chi connectivity index (χ1) is 19.8. The molecule has 5 rings (SSSR count). The molecule has 2 aromatic carbocycles. The Hall–Kier alpha value is -3.76. The Bertz CT molecular complexity index is 1580. The topological polar surface area (TPSA) is 91.8 Å². The van der Waals surface area contributed by atoms with Gasteiger partial charge in [-0.25, -0.2) is 13.6 Å². The van der Waals surface area contributed by atoms with Crippen LogP contribution in [0, 0.1) is 17.6 Å². The summed E-state index contributed by atoms with van der Waals surface area (Å²) in [6.07, 6.45) is 3.32. The number of hydrogen-bond acceptors (Lipinski definition) is 5. The standard InChI is InChI=1S/C30H28ClF2N3O4S/c1-40-24-12-7-18(23-4-2-3-13-34-23)14-19(24)16-36(20-8-5-17(6-9-20)15-35-30(38)39)29(37)28-26(31)25-21(32)10-11-22(33)27(25)41-28/h2-4,7,10-14,17,20,35H,5-6,8-9,15-16H2,1H3,(H,38,39). The van der Waals surface area contributed by atoms with E-state index in [1.165, 1.54) is 0 Å². The molecule has 1 aliphatic rings. The van der Waals surface area contributed by atoms with E-state index in [0.717, 1.165) is 40.3 Å². The van der Waals surface area contributed by atoms with Crippen LogP contribution in [0.2, 0.25) is 5.02 Å². The lowest BCUT2D eigenvalue weighted by molar-refractivity contribution is 0.0592. The highest BCUT2D eigenvalue weighted by atomic mass is 35.5. The number of carbonyl (C=O) groups excluding carboxylic acids is 1. The van der Waals surface area contributed by atoms with Crippen molar-refractivity contribution in [2.45, 2.75) is 38.3 Å². The van der Waals surface area contributed by atoms with E-state index in [-0.39, 0.29) is 38.5 Å². The maximum Gasteiger partial charge on any atom is 0.404 e. The number of halogens is 3. The molecule has 0 unspecified atom stereocenters. The van der Waals surface area contributed by atoms with Crippen molar-refractivity contribution in [3.8, 4) is 17.0 Å². The molecular weight excluding hydrogens is 572 g/mol. The molecule has 2 aromatic heterocycles. The van der Waals surface area contributed by atoms with E-state index in [4.69, 9.17) is 21.4 Å². The van der Waals surface area contributed by atoms with Crippen molar-refractivity contribution in [1.82, 2.24) is 15.2 Å². The van der Waals surface area contributed by atoms with Gasteiger partial charge in [0.1, 0.15) is 22.3 Å². The van der Waals surface area contributed by atoms with Crippen LogP contribution in [0.3, 0.4) is 0 Å². The second-order valence-corrected chi connectivity index (χ2v) is 11.4. The quantitative estimate of drug-likeness (QED) is 0.221. The van der Waals surface area contributed by atoms with Crippen molar-refractivity contribution in [2.24, 2.45) is 5.92 Å². The number of fused-ring (bicyclic) bond motifs is 1. The molecule has 11 heteroatoms. The molecule has 0 saturated heterocycles. The fourth-order valence-electron chi connectivity index (χ4n) is 5.40. The van der Waals surface area contributed by atoms with Crippen LogP contribution >= 0.6 is 22.9 Å². The Balaban J connectivity index is 1.51. The first-order valence-electron chi connectivity index (χ1n) is 13.2. The summed E-state index contributed by atoms with van der Waals surface area (Å²) in [5, 5.41) is 11.2. The van der Waals surface area contributed by atoms with Gasteiger partial charge < -0.3 is 20.1 Å². The molecule has 0 aliphatic heterocycles. The molecule has 1 aliphatic carbocycles. The maximum absolute atomic E-state index is 14.6. The third kappa shape index (κ3) is 6.13. The van der Waals surface area contributed by atoms with E-state index >= 15 is 0 Å². The molecule has 0 bridgehead atoms. The number of hydrogen-bond donors (Lipinski definition) is 2. The van der Waals surface area contributed by atoms with Gasteiger partial charge in [0, 0.05) is 36.5 Å². The number of nitrogens with one attached hydrogen (secondary N) is 1. The minimum Gasteiger partial charge on any atom is -0.496 e. The summed E-state index contributed by atoms with van der Waals surface area (Å²) in [4.78, 5) is 31.3. The van der Waals surface area contributed by atoms with Crippen molar-refractivity contribution in [3.63, 3.8) is 0 Å². The lowest BCUT2D eigenvalue weighted by atomic mass is 9.85. The second kappa shape index (κ2) is 12.4. The van der Waals surface area contributed by atoms with E-state index < -0.39 is 23.6 Å². The molecular formula is C30H28ClF2N3O4S. The summed E-state index contributed by atoms with van der Waals surface area (Å²) in [6.45, 7) is 0.511. The van der Waals surface area contributed by atoms with Gasteiger partial charge >= 0.3 is 6.09 Å². The van der Waals surface area contributed by atoms with E-state index in [1.807, 2.05) is 36.4 Å². The number of thiophene rings is 1. The largest absolute Gasteiger partial charge is 0.496 e. The van der Waals surface area contributed by atoms with E-state index in [2.05, 4.69) is 10.3 Å². The molecule has 7 nitrogen and oxygen atoms in total. The lowest BCUT2D eigenvalue weighted by Crippen LogP contribution is -2.43. The zero-order chi connectivity index (χ0) is 29.1. The fourth-order valence-corrected chi connectivity index (χ4v) is 6.91. The van der Waals surface area contributed by atoms with Crippen LogP contribution in [0.1, 0.15) is 40.9 Å². The van der Waals surface area contributed by atoms with Gasteiger partial charge in [0.2, 0.25) is 0 Å². The van der Waals surface area contributed by atoms with Gasteiger partial charge in [-0.1, -0.05) is 17.7 Å². The Morgan fingerprint density at radius 1 is 1.12 bits per heavy atom. The van der Waals surface area contributed by atoms with Crippen molar-refractivity contribution in [3.05, 3.63) is 81.8 Å². The van der Waals surface area contributed by atoms with E-state index in [0.29, 0.717) is 38.0 Å².